The topological polar surface area (TPSA) is 49.8 Å². The van der Waals surface area contributed by atoms with Crippen LogP contribution in [0.3, 0.4) is 0 Å². The van der Waals surface area contributed by atoms with E-state index >= 15 is 0 Å². The van der Waals surface area contributed by atoms with Gasteiger partial charge in [-0.15, -0.1) is 0 Å². The molecule has 1 aromatic heterocycles. The van der Waals surface area contributed by atoms with Gasteiger partial charge in [-0.25, -0.2) is 9.97 Å². The highest BCUT2D eigenvalue weighted by atomic mass is 79.9. The maximum Gasteiger partial charge on any atom is 0.227 e. The van der Waals surface area contributed by atoms with E-state index < -0.39 is 0 Å². The van der Waals surface area contributed by atoms with Crippen LogP contribution in [-0.2, 0) is 0 Å². The van der Waals surface area contributed by atoms with Gasteiger partial charge in [0.05, 0.1) is 4.47 Å². The van der Waals surface area contributed by atoms with Crippen LogP contribution in [-0.4, -0.2) is 9.97 Å². The minimum atomic E-state index is 0.565. The molecule has 0 amide bonds. The highest BCUT2D eigenvalue weighted by molar-refractivity contribution is 9.10. The smallest absolute Gasteiger partial charge is 0.227 e. The zero-order valence-electron chi connectivity index (χ0n) is 11.1. The van der Waals surface area contributed by atoms with Crippen LogP contribution in [0.15, 0.2) is 71.5 Å². The summed E-state index contributed by atoms with van der Waals surface area (Å²) in [6.07, 6.45) is 3.42. The summed E-state index contributed by atoms with van der Waals surface area (Å²) in [4.78, 5) is 8.40. The summed E-state index contributed by atoms with van der Waals surface area (Å²) in [6.45, 7) is 0. The van der Waals surface area contributed by atoms with Gasteiger partial charge in [0.25, 0.3) is 0 Å². The first kappa shape index (κ1) is 13.6. The Labute approximate surface area is 131 Å². The van der Waals surface area contributed by atoms with E-state index in [-0.39, 0.29) is 0 Å². The van der Waals surface area contributed by atoms with Gasteiger partial charge in [-0.3, -0.25) is 0 Å². The molecular weight excluding hydrogens is 328 g/mol. The molecule has 4 nitrogen and oxygen atoms in total. The van der Waals surface area contributed by atoms with E-state index in [1.165, 1.54) is 0 Å². The molecule has 1 heterocycles. The summed E-state index contributed by atoms with van der Waals surface area (Å²) in [5.41, 5.74) is 2.98. The van der Waals surface area contributed by atoms with E-state index in [4.69, 9.17) is 0 Å². The summed E-state index contributed by atoms with van der Waals surface area (Å²) >= 11 is 3.32. The Morgan fingerprint density at radius 2 is 1.33 bits per heavy atom. The van der Waals surface area contributed by atoms with E-state index in [1.807, 2.05) is 54.6 Å². The molecule has 0 radical (unpaired) electrons. The van der Waals surface area contributed by atoms with Crippen molar-refractivity contribution in [3.05, 3.63) is 71.5 Å². The number of nitrogens with one attached hydrogen (secondary N) is 2. The van der Waals surface area contributed by atoms with E-state index in [2.05, 4.69) is 36.5 Å². The van der Waals surface area contributed by atoms with Crippen molar-refractivity contribution in [2.45, 2.75) is 0 Å². The second kappa shape index (κ2) is 6.37. The van der Waals surface area contributed by atoms with E-state index in [0.29, 0.717) is 5.95 Å². The van der Waals surface area contributed by atoms with Gasteiger partial charge < -0.3 is 10.6 Å². The van der Waals surface area contributed by atoms with Crippen LogP contribution in [0, 0.1) is 0 Å². The van der Waals surface area contributed by atoms with Crippen molar-refractivity contribution in [1.29, 1.82) is 0 Å². The number of aromatic nitrogens is 2. The van der Waals surface area contributed by atoms with Crippen LogP contribution < -0.4 is 10.6 Å². The van der Waals surface area contributed by atoms with Gasteiger partial charge in [-0.1, -0.05) is 24.3 Å². The molecule has 0 fully saturated rings. The molecule has 0 aliphatic carbocycles. The van der Waals surface area contributed by atoms with Gasteiger partial charge in [0, 0.05) is 29.5 Å². The molecule has 3 aromatic rings. The van der Waals surface area contributed by atoms with Crippen molar-refractivity contribution in [1.82, 2.24) is 9.97 Å². The fourth-order valence-corrected chi connectivity index (χ4v) is 2.07. The Kier molecular flexibility index (Phi) is 4.12. The lowest BCUT2D eigenvalue weighted by Gasteiger charge is -2.09. The summed E-state index contributed by atoms with van der Waals surface area (Å²) in [6, 6.07) is 18.0. The Morgan fingerprint density at radius 3 is 2.05 bits per heavy atom. The average molecular weight is 341 g/mol. The first-order valence-electron chi connectivity index (χ1n) is 6.46. The van der Waals surface area contributed by atoms with Crippen molar-refractivity contribution in [3.63, 3.8) is 0 Å². The highest BCUT2D eigenvalue weighted by Crippen LogP contribution is 2.21. The van der Waals surface area contributed by atoms with Crippen molar-refractivity contribution >= 4 is 38.9 Å². The number of hydrogen-bond acceptors (Lipinski definition) is 4. The number of rotatable bonds is 4. The van der Waals surface area contributed by atoms with Gasteiger partial charge in [0.15, 0.2) is 0 Å². The lowest BCUT2D eigenvalue weighted by Crippen LogP contribution is -1.97. The van der Waals surface area contributed by atoms with Crippen LogP contribution >= 0.6 is 15.9 Å². The van der Waals surface area contributed by atoms with Gasteiger partial charge in [-0.2, -0.15) is 0 Å². The fraction of sp³-hybridized carbons (Fsp3) is 0. The molecule has 0 unspecified atom stereocenters. The molecule has 2 N–H and O–H groups in total. The number of benzene rings is 2. The molecule has 3 rings (SSSR count). The molecular formula is C16H13BrN4. The molecule has 0 saturated carbocycles. The number of nitrogens with zero attached hydrogens (tertiary/aromatic N) is 2. The number of hydrogen-bond donors (Lipinski definition) is 2. The van der Waals surface area contributed by atoms with Crippen LogP contribution in [0.2, 0.25) is 0 Å². The predicted octanol–water partition coefficient (Wildman–Crippen LogP) is 4.73. The van der Waals surface area contributed by atoms with Crippen molar-refractivity contribution < 1.29 is 0 Å². The molecule has 0 spiro atoms. The number of halogens is 1. The molecule has 0 bridgehead atoms. The maximum absolute atomic E-state index is 4.20. The van der Waals surface area contributed by atoms with Gasteiger partial charge >= 0.3 is 0 Å². The predicted molar refractivity (Wildman–Crippen MR) is 89.2 cm³/mol. The molecule has 0 aliphatic heterocycles. The van der Waals surface area contributed by atoms with E-state index in [9.17, 15) is 0 Å². The largest absolute Gasteiger partial charge is 0.355 e. The third-order valence-electron chi connectivity index (χ3n) is 2.80. The Balaban J connectivity index is 1.75. The normalized spacial score (nSPS) is 10.1. The molecule has 5 heteroatoms. The second-order valence-corrected chi connectivity index (χ2v) is 5.34. The van der Waals surface area contributed by atoms with Crippen LogP contribution in [0.4, 0.5) is 23.0 Å². The van der Waals surface area contributed by atoms with Gasteiger partial charge in [0.2, 0.25) is 5.95 Å². The summed E-state index contributed by atoms with van der Waals surface area (Å²) < 4.78 is 0.854. The Morgan fingerprint density at radius 1 is 0.714 bits per heavy atom. The monoisotopic (exact) mass is 340 g/mol. The fourth-order valence-electron chi connectivity index (χ4n) is 1.87. The summed E-state index contributed by atoms with van der Waals surface area (Å²) in [5, 5.41) is 6.53. The molecule has 0 atom stereocenters. The third kappa shape index (κ3) is 3.79. The highest BCUT2D eigenvalue weighted by Gasteiger charge is 2.00. The third-order valence-corrected chi connectivity index (χ3v) is 3.21. The van der Waals surface area contributed by atoms with Gasteiger partial charge in [0.1, 0.15) is 0 Å². The minimum absolute atomic E-state index is 0.565. The van der Waals surface area contributed by atoms with Crippen LogP contribution in [0.5, 0.6) is 0 Å². The number of para-hydroxylation sites is 1. The van der Waals surface area contributed by atoms with Crippen molar-refractivity contribution in [3.8, 4) is 0 Å². The first-order chi connectivity index (χ1) is 10.3. The Bertz CT molecular complexity index is 714. The standard InChI is InChI=1S/C16H13BrN4/c17-12-10-18-16(19-11-12)21-15-8-4-7-14(9-15)20-13-5-2-1-3-6-13/h1-11,20H,(H,18,19,21). The maximum atomic E-state index is 4.20. The molecule has 0 aliphatic rings. The van der Waals surface area contributed by atoms with Crippen LogP contribution in [0.25, 0.3) is 0 Å². The minimum Gasteiger partial charge on any atom is -0.355 e. The first-order valence-corrected chi connectivity index (χ1v) is 7.25. The average Bonchev–Trinajstić information content (AvgIpc) is 2.51. The zero-order chi connectivity index (χ0) is 14.5. The molecule has 0 saturated heterocycles. The molecule has 21 heavy (non-hydrogen) atoms. The number of anilines is 4. The van der Waals surface area contributed by atoms with E-state index in [1.54, 1.807) is 12.4 Å². The summed E-state index contributed by atoms with van der Waals surface area (Å²) in [7, 11) is 0. The zero-order valence-corrected chi connectivity index (χ0v) is 12.7. The van der Waals surface area contributed by atoms with Gasteiger partial charge in [-0.05, 0) is 46.3 Å². The SMILES string of the molecule is Brc1cnc(Nc2cccc(Nc3ccccc3)c2)nc1. The lowest BCUT2D eigenvalue weighted by molar-refractivity contribution is 1.15. The summed E-state index contributed by atoms with van der Waals surface area (Å²) in [5.74, 6) is 0.565. The van der Waals surface area contributed by atoms with Crippen molar-refractivity contribution in [2.75, 3.05) is 10.6 Å². The lowest BCUT2D eigenvalue weighted by atomic mass is 10.2. The second-order valence-electron chi connectivity index (χ2n) is 4.42. The van der Waals surface area contributed by atoms with E-state index in [0.717, 1.165) is 21.5 Å². The quantitative estimate of drug-likeness (QED) is 0.721. The Hall–Kier alpha value is -2.40. The molecule has 104 valence electrons. The molecule has 2 aromatic carbocycles. The van der Waals surface area contributed by atoms with Crippen LogP contribution in [0.1, 0.15) is 0 Å². The van der Waals surface area contributed by atoms with Crippen molar-refractivity contribution in [2.24, 2.45) is 0 Å².